The maximum absolute atomic E-state index is 13.3. The average molecular weight is 374 g/mol. The van der Waals surface area contributed by atoms with Gasteiger partial charge in [0.15, 0.2) is 0 Å². The topological polar surface area (TPSA) is 66.5 Å². The Kier molecular flexibility index (Phi) is 4.00. The van der Waals surface area contributed by atoms with Crippen LogP contribution >= 0.6 is 11.8 Å². The number of anilines is 2. The number of carbonyl (C=O) groups excluding carboxylic acids is 1. The summed E-state index contributed by atoms with van der Waals surface area (Å²) in [6.07, 6.45) is 1.13. The normalized spacial score (nSPS) is 19.8. The zero-order valence-electron chi connectivity index (χ0n) is 13.7. The van der Waals surface area contributed by atoms with E-state index in [1.54, 1.807) is 30.0 Å². The summed E-state index contributed by atoms with van der Waals surface area (Å²) in [6, 6.07) is 12.5. The van der Waals surface area contributed by atoms with E-state index < -0.39 is 10.0 Å². The van der Waals surface area contributed by atoms with Gasteiger partial charge in [0.05, 0.1) is 16.3 Å². The van der Waals surface area contributed by atoms with Crippen molar-refractivity contribution in [3.63, 3.8) is 0 Å². The van der Waals surface area contributed by atoms with Crippen LogP contribution in [0.4, 0.5) is 11.4 Å². The SMILES string of the molecule is C[C@H]1Cc2ccccc2N1S(=O)(=O)c1ccc2c(c1)NC(=O)CCS2. The largest absolute Gasteiger partial charge is 0.325 e. The van der Waals surface area contributed by atoms with Gasteiger partial charge in [-0.15, -0.1) is 11.8 Å². The number of amides is 1. The van der Waals surface area contributed by atoms with Crippen LogP contribution in [0.2, 0.25) is 0 Å². The second-order valence-corrected chi connectivity index (χ2v) is 9.24. The van der Waals surface area contributed by atoms with Crippen LogP contribution in [0.15, 0.2) is 52.3 Å². The first-order valence-electron chi connectivity index (χ1n) is 8.16. The molecule has 0 fully saturated rings. The van der Waals surface area contributed by atoms with E-state index in [9.17, 15) is 13.2 Å². The molecule has 0 unspecified atom stereocenters. The molecule has 1 amide bonds. The number of nitrogens with zero attached hydrogens (tertiary/aromatic N) is 1. The Morgan fingerprint density at radius 1 is 1.20 bits per heavy atom. The Hall–Kier alpha value is -1.99. The summed E-state index contributed by atoms with van der Waals surface area (Å²) in [5.74, 6) is 0.613. The van der Waals surface area contributed by atoms with Gasteiger partial charge < -0.3 is 5.32 Å². The zero-order valence-corrected chi connectivity index (χ0v) is 15.4. The third kappa shape index (κ3) is 2.81. The van der Waals surface area contributed by atoms with Gasteiger partial charge in [-0.2, -0.15) is 0 Å². The fourth-order valence-electron chi connectivity index (χ4n) is 3.38. The Balaban J connectivity index is 1.78. The molecular weight excluding hydrogens is 356 g/mol. The lowest BCUT2D eigenvalue weighted by molar-refractivity contribution is -0.115. The van der Waals surface area contributed by atoms with Gasteiger partial charge in [-0.3, -0.25) is 9.10 Å². The standard InChI is InChI=1S/C18H18N2O3S2/c1-12-10-13-4-2-3-5-16(13)20(12)25(22,23)14-6-7-17-15(11-14)19-18(21)8-9-24-17/h2-7,11-12H,8-10H2,1H3,(H,19,21)/t12-/m0/s1. The van der Waals surface area contributed by atoms with Gasteiger partial charge in [0.2, 0.25) is 5.91 Å². The molecule has 0 radical (unpaired) electrons. The first kappa shape index (κ1) is 16.5. The number of para-hydroxylation sites is 1. The van der Waals surface area contributed by atoms with E-state index in [1.165, 1.54) is 4.31 Å². The molecule has 0 aliphatic carbocycles. The predicted molar refractivity (Wildman–Crippen MR) is 99.7 cm³/mol. The molecule has 2 aromatic rings. The highest BCUT2D eigenvalue weighted by molar-refractivity contribution is 7.99. The first-order valence-corrected chi connectivity index (χ1v) is 10.6. The molecule has 0 aromatic heterocycles. The summed E-state index contributed by atoms with van der Waals surface area (Å²) in [5, 5.41) is 2.81. The van der Waals surface area contributed by atoms with Crippen LogP contribution in [-0.4, -0.2) is 26.1 Å². The molecule has 2 heterocycles. The fraction of sp³-hybridized carbons (Fsp3) is 0.278. The number of thioether (sulfide) groups is 1. The number of benzene rings is 2. The van der Waals surface area contributed by atoms with E-state index in [4.69, 9.17) is 0 Å². The van der Waals surface area contributed by atoms with Crippen molar-refractivity contribution in [2.75, 3.05) is 15.4 Å². The molecule has 0 saturated heterocycles. The molecular formula is C18H18N2O3S2. The molecule has 0 spiro atoms. The molecule has 130 valence electrons. The Morgan fingerprint density at radius 2 is 2.00 bits per heavy atom. The highest BCUT2D eigenvalue weighted by atomic mass is 32.2. The van der Waals surface area contributed by atoms with E-state index >= 15 is 0 Å². The van der Waals surface area contributed by atoms with Crippen molar-refractivity contribution in [1.82, 2.24) is 0 Å². The third-order valence-corrected chi connectivity index (χ3v) is 7.51. The van der Waals surface area contributed by atoms with Gasteiger partial charge in [0, 0.05) is 23.1 Å². The summed E-state index contributed by atoms with van der Waals surface area (Å²) in [5.41, 5.74) is 2.36. The van der Waals surface area contributed by atoms with Gasteiger partial charge in [-0.05, 0) is 43.2 Å². The summed E-state index contributed by atoms with van der Waals surface area (Å²) in [7, 11) is -3.69. The quantitative estimate of drug-likeness (QED) is 0.876. The van der Waals surface area contributed by atoms with Crippen molar-refractivity contribution in [1.29, 1.82) is 0 Å². The van der Waals surface area contributed by atoms with Crippen molar-refractivity contribution >= 4 is 39.1 Å². The van der Waals surface area contributed by atoms with Gasteiger partial charge in [-0.25, -0.2) is 8.42 Å². The number of hydrogen-bond acceptors (Lipinski definition) is 4. The van der Waals surface area contributed by atoms with Crippen LogP contribution in [-0.2, 0) is 21.2 Å². The maximum Gasteiger partial charge on any atom is 0.264 e. The number of sulfonamides is 1. The molecule has 7 heteroatoms. The van der Waals surface area contributed by atoms with E-state index in [0.717, 1.165) is 16.1 Å². The molecule has 1 N–H and O–H groups in total. The molecule has 0 saturated carbocycles. The molecule has 5 nitrogen and oxygen atoms in total. The number of rotatable bonds is 2. The second-order valence-electron chi connectivity index (χ2n) is 6.29. The molecule has 2 aliphatic rings. The lowest BCUT2D eigenvalue weighted by Crippen LogP contribution is -2.35. The minimum absolute atomic E-state index is 0.0827. The van der Waals surface area contributed by atoms with E-state index in [1.807, 2.05) is 31.2 Å². The summed E-state index contributed by atoms with van der Waals surface area (Å²) < 4.78 is 28.0. The third-order valence-electron chi connectivity index (χ3n) is 4.51. The summed E-state index contributed by atoms with van der Waals surface area (Å²) in [4.78, 5) is 12.9. The lowest BCUT2D eigenvalue weighted by atomic mass is 10.1. The summed E-state index contributed by atoms with van der Waals surface area (Å²) >= 11 is 1.56. The van der Waals surface area contributed by atoms with Gasteiger partial charge in [0.25, 0.3) is 10.0 Å². The van der Waals surface area contributed by atoms with Crippen LogP contribution < -0.4 is 9.62 Å². The van der Waals surface area contributed by atoms with E-state index in [2.05, 4.69) is 5.32 Å². The molecule has 25 heavy (non-hydrogen) atoms. The van der Waals surface area contributed by atoms with Crippen LogP contribution in [0, 0.1) is 0 Å². The van der Waals surface area contributed by atoms with Crippen molar-refractivity contribution in [3.8, 4) is 0 Å². The molecule has 0 bridgehead atoms. The monoisotopic (exact) mass is 374 g/mol. The Morgan fingerprint density at radius 3 is 2.84 bits per heavy atom. The van der Waals surface area contributed by atoms with Crippen molar-refractivity contribution < 1.29 is 13.2 Å². The van der Waals surface area contributed by atoms with Crippen LogP contribution in [0.5, 0.6) is 0 Å². The van der Waals surface area contributed by atoms with Gasteiger partial charge >= 0.3 is 0 Å². The second kappa shape index (κ2) is 6.07. The highest BCUT2D eigenvalue weighted by Gasteiger charge is 2.36. The maximum atomic E-state index is 13.3. The zero-order chi connectivity index (χ0) is 17.6. The highest BCUT2D eigenvalue weighted by Crippen LogP contribution is 2.38. The van der Waals surface area contributed by atoms with Crippen molar-refractivity contribution in [3.05, 3.63) is 48.0 Å². The van der Waals surface area contributed by atoms with Gasteiger partial charge in [-0.1, -0.05) is 18.2 Å². The number of hydrogen-bond donors (Lipinski definition) is 1. The van der Waals surface area contributed by atoms with Crippen LogP contribution in [0.3, 0.4) is 0 Å². The Bertz CT molecular complexity index is 957. The Labute approximate surface area is 151 Å². The molecule has 2 aromatic carbocycles. The smallest absolute Gasteiger partial charge is 0.264 e. The molecule has 1 atom stereocenters. The summed E-state index contributed by atoms with van der Waals surface area (Å²) in [6.45, 7) is 1.92. The number of nitrogens with one attached hydrogen (secondary N) is 1. The van der Waals surface area contributed by atoms with Gasteiger partial charge in [0.1, 0.15) is 0 Å². The lowest BCUT2D eigenvalue weighted by Gasteiger charge is -2.25. The van der Waals surface area contributed by atoms with Crippen LogP contribution in [0.25, 0.3) is 0 Å². The molecule has 2 aliphatic heterocycles. The fourth-order valence-corrected chi connectivity index (χ4v) is 6.03. The number of carbonyl (C=O) groups is 1. The first-order chi connectivity index (χ1) is 12.0. The van der Waals surface area contributed by atoms with Crippen molar-refractivity contribution in [2.45, 2.75) is 35.6 Å². The minimum Gasteiger partial charge on any atom is -0.325 e. The number of fused-ring (bicyclic) bond motifs is 2. The van der Waals surface area contributed by atoms with Crippen molar-refractivity contribution in [2.24, 2.45) is 0 Å². The minimum atomic E-state index is -3.69. The average Bonchev–Trinajstić information content (AvgIpc) is 2.80. The van der Waals surface area contributed by atoms with Crippen LogP contribution in [0.1, 0.15) is 18.9 Å². The predicted octanol–water partition coefficient (Wildman–Crippen LogP) is 3.26. The van der Waals surface area contributed by atoms with E-state index in [0.29, 0.717) is 24.3 Å². The molecule has 4 rings (SSSR count). The van der Waals surface area contributed by atoms with E-state index in [-0.39, 0.29) is 16.8 Å².